The van der Waals surface area contributed by atoms with Crippen LogP contribution in [-0.4, -0.2) is 51.5 Å². The Morgan fingerprint density at radius 3 is 2.29 bits per heavy atom. The van der Waals surface area contributed by atoms with Crippen molar-refractivity contribution in [3.05, 3.63) is 95.1 Å². The minimum Gasteiger partial charge on any atom is -0.497 e. The van der Waals surface area contributed by atoms with Gasteiger partial charge in [-0.3, -0.25) is 4.90 Å². The van der Waals surface area contributed by atoms with Gasteiger partial charge >= 0.3 is 0 Å². The molecule has 5 heteroatoms. The van der Waals surface area contributed by atoms with Gasteiger partial charge in [0.1, 0.15) is 18.1 Å². The van der Waals surface area contributed by atoms with Crippen LogP contribution in [0.4, 0.5) is 0 Å². The molecule has 34 heavy (non-hydrogen) atoms. The van der Waals surface area contributed by atoms with Crippen molar-refractivity contribution >= 4 is 23.6 Å². The Balaban J connectivity index is 0.00000274. The van der Waals surface area contributed by atoms with Crippen LogP contribution in [0.15, 0.2) is 72.8 Å². The molecule has 5 rings (SSSR count). The molecule has 0 spiro atoms. The molecule has 3 aromatic rings. The molecule has 1 heterocycles. The molecule has 0 aromatic heterocycles. The van der Waals surface area contributed by atoms with Gasteiger partial charge in [0, 0.05) is 19.6 Å². The van der Waals surface area contributed by atoms with E-state index in [0.29, 0.717) is 6.61 Å². The molecule has 0 unspecified atom stereocenters. The molecule has 2 aliphatic rings. The number of morpholine rings is 1. The predicted molar refractivity (Wildman–Crippen MR) is 140 cm³/mol. The highest BCUT2D eigenvalue weighted by molar-refractivity contribution is 6.00. The predicted octanol–water partition coefficient (Wildman–Crippen LogP) is 5.73. The summed E-state index contributed by atoms with van der Waals surface area (Å²) in [5.41, 5.74) is 7.86. The SMILES string of the molecule is COc1ccc2c(c1)CCC(c1ccccc1)=C2c1ccc(OCCN2CCOCC2)cc1.Cl. The summed E-state index contributed by atoms with van der Waals surface area (Å²) < 4.78 is 17.0. The van der Waals surface area contributed by atoms with E-state index in [2.05, 4.69) is 77.7 Å². The fourth-order valence-electron chi connectivity index (χ4n) is 4.79. The molecule has 0 bridgehead atoms. The summed E-state index contributed by atoms with van der Waals surface area (Å²) in [4.78, 5) is 2.39. The van der Waals surface area contributed by atoms with Gasteiger partial charge in [-0.2, -0.15) is 0 Å². The molecule has 1 saturated heterocycles. The van der Waals surface area contributed by atoms with Gasteiger partial charge in [-0.25, -0.2) is 0 Å². The van der Waals surface area contributed by atoms with Crippen LogP contribution in [0.2, 0.25) is 0 Å². The number of hydrogen-bond donors (Lipinski definition) is 0. The average Bonchev–Trinajstić information content (AvgIpc) is 2.89. The summed E-state index contributed by atoms with van der Waals surface area (Å²) in [6, 6.07) is 25.8. The van der Waals surface area contributed by atoms with Crippen molar-refractivity contribution in [2.45, 2.75) is 12.8 Å². The summed E-state index contributed by atoms with van der Waals surface area (Å²) in [5.74, 6) is 1.83. The number of fused-ring (bicyclic) bond motifs is 1. The van der Waals surface area contributed by atoms with E-state index in [0.717, 1.165) is 57.2 Å². The van der Waals surface area contributed by atoms with Gasteiger partial charge in [-0.05, 0) is 70.5 Å². The van der Waals surface area contributed by atoms with Gasteiger partial charge in [0.25, 0.3) is 0 Å². The van der Waals surface area contributed by atoms with Gasteiger partial charge in [-0.15, -0.1) is 12.4 Å². The van der Waals surface area contributed by atoms with Crippen molar-refractivity contribution in [1.29, 1.82) is 0 Å². The number of benzene rings is 3. The second-order valence-corrected chi connectivity index (χ2v) is 8.57. The van der Waals surface area contributed by atoms with Gasteiger partial charge in [0.15, 0.2) is 0 Å². The zero-order valence-electron chi connectivity index (χ0n) is 19.7. The quantitative estimate of drug-likeness (QED) is 0.434. The fraction of sp³-hybridized carbons (Fsp3) is 0.310. The molecular weight excluding hydrogens is 446 g/mol. The molecule has 1 fully saturated rings. The van der Waals surface area contributed by atoms with Crippen molar-refractivity contribution in [1.82, 2.24) is 4.90 Å². The smallest absolute Gasteiger partial charge is 0.119 e. The van der Waals surface area contributed by atoms with Crippen LogP contribution >= 0.6 is 12.4 Å². The number of rotatable bonds is 7. The maximum atomic E-state index is 6.05. The molecule has 0 saturated carbocycles. The third-order valence-electron chi connectivity index (χ3n) is 6.57. The molecule has 3 aromatic carbocycles. The van der Waals surface area contributed by atoms with Gasteiger partial charge in [-0.1, -0.05) is 48.5 Å². The van der Waals surface area contributed by atoms with Crippen LogP contribution in [0.1, 0.15) is 28.7 Å². The number of ether oxygens (including phenoxy) is 3. The van der Waals surface area contributed by atoms with Crippen LogP contribution in [-0.2, 0) is 11.2 Å². The Labute approximate surface area is 208 Å². The zero-order chi connectivity index (χ0) is 22.5. The number of nitrogens with zero attached hydrogens (tertiary/aromatic N) is 1. The molecule has 1 aliphatic carbocycles. The number of methoxy groups -OCH3 is 1. The Bertz CT molecular complexity index is 1110. The Kier molecular flexibility index (Phi) is 8.28. The van der Waals surface area contributed by atoms with Crippen molar-refractivity contribution < 1.29 is 14.2 Å². The summed E-state index contributed by atoms with van der Waals surface area (Å²) in [6.07, 6.45) is 2.03. The largest absolute Gasteiger partial charge is 0.497 e. The molecule has 4 nitrogen and oxygen atoms in total. The third-order valence-corrected chi connectivity index (χ3v) is 6.57. The minimum atomic E-state index is 0. The summed E-state index contributed by atoms with van der Waals surface area (Å²) in [7, 11) is 1.73. The summed E-state index contributed by atoms with van der Waals surface area (Å²) in [6.45, 7) is 5.25. The lowest BCUT2D eigenvalue weighted by Gasteiger charge is -2.26. The molecule has 0 atom stereocenters. The van der Waals surface area contributed by atoms with Gasteiger partial charge < -0.3 is 14.2 Å². The van der Waals surface area contributed by atoms with Gasteiger partial charge in [0.05, 0.1) is 20.3 Å². The van der Waals surface area contributed by atoms with E-state index in [9.17, 15) is 0 Å². The van der Waals surface area contributed by atoms with Crippen molar-refractivity contribution in [2.75, 3.05) is 46.6 Å². The lowest BCUT2D eigenvalue weighted by molar-refractivity contribution is 0.0322. The van der Waals surface area contributed by atoms with Crippen LogP contribution in [0, 0.1) is 0 Å². The topological polar surface area (TPSA) is 30.9 Å². The molecule has 178 valence electrons. The molecule has 1 aliphatic heterocycles. The van der Waals surface area contributed by atoms with E-state index >= 15 is 0 Å². The fourth-order valence-corrected chi connectivity index (χ4v) is 4.79. The van der Waals surface area contributed by atoms with Crippen LogP contribution < -0.4 is 9.47 Å². The highest BCUT2D eigenvalue weighted by Gasteiger charge is 2.22. The monoisotopic (exact) mass is 477 g/mol. The Hall–Kier alpha value is -2.79. The lowest BCUT2D eigenvalue weighted by Crippen LogP contribution is -2.38. The molecule has 0 radical (unpaired) electrons. The first-order chi connectivity index (χ1) is 16.3. The first-order valence-corrected chi connectivity index (χ1v) is 11.8. The number of aryl methyl sites for hydroxylation is 1. The molecule has 0 amide bonds. The highest BCUT2D eigenvalue weighted by atomic mass is 35.5. The van der Waals surface area contributed by atoms with E-state index in [4.69, 9.17) is 14.2 Å². The number of halogens is 1. The van der Waals surface area contributed by atoms with E-state index in [1.807, 2.05) is 0 Å². The normalized spacial score (nSPS) is 15.9. The first kappa shape index (κ1) is 24.3. The van der Waals surface area contributed by atoms with E-state index in [1.54, 1.807) is 7.11 Å². The highest BCUT2D eigenvalue weighted by Crippen LogP contribution is 2.42. The minimum absolute atomic E-state index is 0. The second kappa shape index (κ2) is 11.6. The van der Waals surface area contributed by atoms with Crippen LogP contribution in [0.5, 0.6) is 11.5 Å². The van der Waals surface area contributed by atoms with E-state index in [-0.39, 0.29) is 12.4 Å². The Morgan fingerprint density at radius 2 is 1.56 bits per heavy atom. The van der Waals surface area contributed by atoms with E-state index < -0.39 is 0 Å². The number of hydrogen-bond acceptors (Lipinski definition) is 4. The molecular formula is C29H32ClNO3. The maximum absolute atomic E-state index is 6.05. The Morgan fingerprint density at radius 1 is 0.824 bits per heavy atom. The van der Waals surface area contributed by atoms with Crippen LogP contribution in [0.3, 0.4) is 0 Å². The van der Waals surface area contributed by atoms with E-state index in [1.165, 1.54) is 33.4 Å². The summed E-state index contributed by atoms with van der Waals surface area (Å²) >= 11 is 0. The summed E-state index contributed by atoms with van der Waals surface area (Å²) in [5, 5.41) is 0. The standard InChI is InChI=1S/C29H31NO3.ClH/c1-31-26-12-14-28-24(21-26)9-13-27(22-5-3-2-4-6-22)29(28)23-7-10-25(11-8-23)33-20-17-30-15-18-32-19-16-30;/h2-8,10-12,14,21H,9,13,15-20H2,1H3;1H. The zero-order valence-corrected chi connectivity index (χ0v) is 20.5. The first-order valence-electron chi connectivity index (χ1n) is 11.8. The lowest BCUT2D eigenvalue weighted by atomic mass is 9.79. The average molecular weight is 478 g/mol. The molecule has 0 N–H and O–H groups in total. The number of allylic oxidation sites excluding steroid dienone is 1. The van der Waals surface area contributed by atoms with Gasteiger partial charge in [0.2, 0.25) is 0 Å². The van der Waals surface area contributed by atoms with Crippen LogP contribution in [0.25, 0.3) is 11.1 Å². The van der Waals surface area contributed by atoms with Crippen molar-refractivity contribution in [3.8, 4) is 11.5 Å². The second-order valence-electron chi connectivity index (χ2n) is 8.57. The van der Waals surface area contributed by atoms with Crippen molar-refractivity contribution in [3.63, 3.8) is 0 Å². The van der Waals surface area contributed by atoms with Crippen molar-refractivity contribution in [2.24, 2.45) is 0 Å². The maximum Gasteiger partial charge on any atom is 0.119 e. The third kappa shape index (κ3) is 5.47.